The van der Waals surface area contributed by atoms with Gasteiger partial charge < -0.3 is 15.4 Å². The Bertz CT molecular complexity index is 1480. The highest BCUT2D eigenvalue weighted by Gasteiger charge is 2.33. The fraction of sp³-hybridized carbons (Fsp3) is 0.379. The van der Waals surface area contributed by atoms with Crippen molar-refractivity contribution in [2.45, 2.75) is 63.2 Å². The average molecular weight is 545 g/mol. The SMILES string of the molecule is COc1ccc(CN(c2ccnn3c(C(=O)N(NC4CCC(N)CC4)c4ccncc4F)cnc23)C2CC2)cc1. The van der Waals surface area contributed by atoms with Gasteiger partial charge >= 0.3 is 0 Å². The van der Waals surface area contributed by atoms with Gasteiger partial charge in [-0.2, -0.15) is 5.10 Å². The maximum absolute atomic E-state index is 14.9. The van der Waals surface area contributed by atoms with E-state index < -0.39 is 11.7 Å². The second-order valence-electron chi connectivity index (χ2n) is 10.5. The number of benzene rings is 1. The van der Waals surface area contributed by atoms with Gasteiger partial charge in [0.1, 0.15) is 5.75 Å². The number of nitrogens with one attached hydrogen (secondary N) is 1. The van der Waals surface area contributed by atoms with E-state index in [0.29, 0.717) is 18.2 Å². The lowest BCUT2D eigenvalue weighted by Crippen LogP contribution is -2.51. The first-order valence-electron chi connectivity index (χ1n) is 13.7. The van der Waals surface area contributed by atoms with E-state index in [1.807, 2.05) is 18.2 Å². The highest BCUT2D eigenvalue weighted by Crippen LogP contribution is 2.35. The molecule has 2 saturated carbocycles. The number of methoxy groups -OCH3 is 1. The molecule has 3 heterocycles. The molecule has 2 fully saturated rings. The molecular formula is C29H33FN8O2. The van der Waals surface area contributed by atoms with Gasteiger partial charge in [0.15, 0.2) is 17.2 Å². The van der Waals surface area contributed by atoms with Crippen molar-refractivity contribution in [2.24, 2.45) is 5.73 Å². The first-order valence-corrected chi connectivity index (χ1v) is 13.7. The number of carbonyl (C=O) groups is 1. The lowest BCUT2D eigenvalue weighted by atomic mass is 9.92. The molecule has 0 bridgehead atoms. The van der Waals surface area contributed by atoms with Gasteiger partial charge in [0.05, 0.1) is 37.1 Å². The van der Waals surface area contributed by atoms with Gasteiger partial charge in [0, 0.05) is 30.9 Å². The summed E-state index contributed by atoms with van der Waals surface area (Å²) in [7, 11) is 1.65. The van der Waals surface area contributed by atoms with Gasteiger partial charge in [-0.15, -0.1) is 0 Å². The maximum Gasteiger partial charge on any atom is 0.293 e. The molecule has 0 unspecified atom stereocenters. The van der Waals surface area contributed by atoms with E-state index in [-0.39, 0.29) is 23.5 Å². The zero-order chi connectivity index (χ0) is 27.6. The number of amides is 1. The maximum atomic E-state index is 14.9. The molecule has 3 N–H and O–H groups in total. The highest BCUT2D eigenvalue weighted by atomic mass is 19.1. The first-order chi connectivity index (χ1) is 19.5. The molecule has 0 spiro atoms. The smallest absolute Gasteiger partial charge is 0.293 e. The van der Waals surface area contributed by atoms with Crippen molar-refractivity contribution in [1.82, 2.24) is 25.0 Å². The van der Waals surface area contributed by atoms with E-state index in [1.165, 1.54) is 23.5 Å². The third-order valence-corrected chi connectivity index (χ3v) is 7.69. The van der Waals surface area contributed by atoms with E-state index in [0.717, 1.165) is 61.7 Å². The number of carbonyl (C=O) groups excluding carboxylic acids is 1. The predicted molar refractivity (Wildman–Crippen MR) is 150 cm³/mol. The average Bonchev–Trinajstić information content (AvgIpc) is 3.73. The molecule has 4 aromatic rings. The summed E-state index contributed by atoms with van der Waals surface area (Å²) in [5, 5.41) is 5.75. The van der Waals surface area contributed by atoms with E-state index in [1.54, 1.807) is 17.8 Å². The number of nitrogens with two attached hydrogens (primary N) is 1. The molecule has 1 amide bonds. The van der Waals surface area contributed by atoms with Crippen LogP contribution < -0.4 is 25.8 Å². The number of ether oxygens (including phenoxy) is 1. The Morgan fingerprint density at radius 3 is 2.50 bits per heavy atom. The number of hydrazine groups is 1. The van der Waals surface area contributed by atoms with Crippen molar-refractivity contribution in [3.05, 3.63) is 78.3 Å². The third kappa shape index (κ3) is 5.34. The quantitative estimate of drug-likeness (QED) is 0.306. The van der Waals surface area contributed by atoms with E-state index >= 15 is 0 Å². The van der Waals surface area contributed by atoms with Crippen LogP contribution in [0.1, 0.15) is 54.6 Å². The molecule has 0 radical (unpaired) electrons. The van der Waals surface area contributed by atoms with Crippen molar-refractivity contribution >= 4 is 22.9 Å². The van der Waals surface area contributed by atoms with Crippen LogP contribution in [0.15, 0.2) is 61.2 Å². The fourth-order valence-electron chi connectivity index (χ4n) is 5.31. The largest absolute Gasteiger partial charge is 0.497 e. The molecule has 2 aliphatic rings. The number of anilines is 2. The van der Waals surface area contributed by atoms with Gasteiger partial charge in [-0.05, 0) is 68.4 Å². The Hall–Kier alpha value is -4.09. The molecule has 6 rings (SSSR count). The predicted octanol–water partition coefficient (Wildman–Crippen LogP) is 3.86. The number of hydrogen-bond donors (Lipinski definition) is 2. The molecule has 3 aromatic heterocycles. The number of hydrogen-bond acceptors (Lipinski definition) is 8. The Labute approximate surface area is 231 Å². The summed E-state index contributed by atoms with van der Waals surface area (Å²) in [5.41, 5.74) is 12.3. The van der Waals surface area contributed by atoms with Crippen molar-refractivity contribution in [1.29, 1.82) is 0 Å². The second-order valence-corrected chi connectivity index (χ2v) is 10.5. The normalized spacial score (nSPS) is 19.0. The lowest BCUT2D eigenvalue weighted by Gasteiger charge is -2.32. The summed E-state index contributed by atoms with van der Waals surface area (Å²) in [6, 6.07) is 11.9. The van der Waals surface area contributed by atoms with Crippen LogP contribution in [0.5, 0.6) is 5.75 Å². The zero-order valence-electron chi connectivity index (χ0n) is 22.4. The molecule has 208 valence electrons. The number of nitrogens with zero attached hydrogens (tertiary/aromatic N) is 6. The zero-order valence-corrected chi connectivity index (χ0v) is 22.4. The van der Waals surface area contributed by atoms with E-state index in [4.69, 9.17) is 10.5 Å². The lowest BCUT2D eigenvalue weighted by molar-refractivity contribution is 0.0957. The number of pyridine rings is 1. The Morgan fingerprint density at radius 1 is 1.05 bits per heavy atom. The van der Waals surface area contributed by atoms with Gasteiger partial charge in [-0.25, -0.2) is 24.3 Å². The van der Waals surface area contributed by atoms with Crippen LogP contribution in [-0.4, -0.2) is 50.7 Å². The number of imidazole rings is 1. The molecule has 1 aromatic carbocycles. The van der Waals surface area contributed by atoms with Crippen LogP contribution in [-0.2, 0) is 6.54 Å². The number of fused-ring (bicyclic) bond motifs is 1. The van der Waals surface area contributed by atoms with Crippen molar-refractivity contribution < 1.29 is 13.9 Å². The Kier molecular flexibility index (Phi) is 7.31. The Balaban J connectivity index is 1.33. The number of halogens is 1. The molecule has 40 heavy (non-hydrogen) atoms. The summed E-state index contributed by atoms with van der Waals surface area (Å²) < 4.78 is 21.8. The molecule has 10 nitrogen and oxygen atoms in total. The number of aromatic nitrogens is 4. The van der Waals surface area contributed by atoms with Crippen LogP contribution in [0.4, 0.5) is 15.8 Å². The summed E-state index contributed by atoms with van der Waals surface area (Å²) >= 11 is 0. The van der Waals surface area contributed by atoms with Gasteiger partial charge in [-0.3, -0.25) is 9.78 Å². The molecule has 11 heteroatoms. The highest BCUT2D eigenvalue weighted by molar-refractivity contribution is 6.05. The first kappa shape index (κ1) is 26.1. The minimum absolute atomic E-state index is 0.0196. The standard InChI is InChI=1S/C29H33FN8O2/c1-40-23-10-2-19(3-11-23)18-36(22-8-9-22)26-13-15-34-37-27(17-33-28(26)37)29(39)38(25-12-14-32-16-24(25)30)35-21-6-4-20(31)5-7-21/h2-3,10-17,20-22,35H,4-9,18,31H2,1H3. The van der Waals surface area contributed by atoms with Gasteiger partial charge in [-0.1, -0.05) is 12.1 Å². The summed E-state index contributed by atoms with van der Waals surface area (Å²) in [4.78, 5) is 24.8. The van der Waals surface area contributed by atoms with E-state index in [9.17, 15) is 9.18 Å². The fourth-order valence-corrected chi connectivity index (χ4v) is 5.31. The Morgan fingerprint density at radius 2 is 1.80 bits per heavy atom. The van der Waals surface area contributed by atoms with Crippen LogP contribution in [0.25, 0.3) is 5.65 Å². The van der Waals surface area contributed by atoms with Crippen molar-refractivity contribution in [3.8, 4) is 5.75 Å². The van der Waals surface area contributed by atoms with Crippen LogP contribution in [0, 0.1) is 5.82 Å². The van der Waals surface area contributed by atoms with Crippen LogP contribution in [0.2, 0.25) is 0 Å². The molecular weight excluding hydrogens is 511 g/mol. The van der Waals surface area contributed by atoms with Crippen LogP contribution in [0.3, 0.4) is 0 Å². The molecule has 0 aliphatic heterocycles. The van der Waals surface area contributed by atoms with Crippen molar-refractivity contribution in [2.75, 3.05) is 17.0 Å². The van der Waals surface area contributed by atoms with Gasteiger partial charge in [0.25, 0.3) is 5.91 Å². The number of rotatable bonds is 9. The van der Waals surface area contributed by atoms with Crippen LogP contribution >= 0.6 is 0 Å². The topological polar surface area (TPSA) is 114 Å². The molecule has 0 saturated heterocycles. The summed E-state index contributed by atoms with van der Waals surface area (Å²) in [5.74, 6) is -0.243. The van der Waals surface area contributed by atoms with E-state index in [2.05, 4.69) is 37.5 Å². The minimum Gasteiger partial charge on any atom is -0.497 e. The van der Waals surface area contributed by atoms with Crippen molar-refractivity contribution in [3.63, 3.8) is 0 Å². The van der Waals surface area contributed by atoms with Gasteiger partial charge in [0.2, 0.25) is 0 Å². The molecule has 0 atom stereocenters. The molecule has 2 aliphatic carbocycles. The monoisotopic (exact) mass is 544 g/mol. The minimum atomic E-state index is -0.599. The second kappa shape index (κ2) is 11.2. The summed E-state index contributed by atoms with van der Waals surface area (Å²) in [6.45, 7) is 0.685. The third-order valence-electron chi connectivity index (χ3n) is 7.69. The summed E-state index contributed by atoms with van der Waals surface area (Å²) in [6.07, 6.45) is 11.2.